The van der Waals surface area contributed by atoms with Crippen molar-refractivity contribution in [1.29, 1.82) is 0 Å². The third kappa shape index (κ3) is 5.02. The lowest BCUT2D eigenvalue weighted by molar-refractivity contribution is -0.154. The van der Waals surface area contributed by atoms with Gasteiger partial charge in [-0.2, -0.15) is 0 Å². The van der Waals surface area contributed by atoms with Crippen LogP contribution in [0.5, 0.6) is 11.5 Å². The van der Waals surface area contributed by atoms with Crippen LogP contribution < -0.4 is 14.8 Å². The minimum atomic E-state index is -2.35. The van der Waals surface area contributed by atoms with E-state index < -0.39 is 32.0 Å². The molecule has 216 valence electrons. The van der Waals surface area contributed by atoms with Gasteiger partial charge in [0.15, 0.2) is 0 Å². The van der Waals surface area contributed by atoms with Gasteiger partial charge in [-0.25, -0.2) is 4.79 Å². The van der Waals surface area contributed by atoms with Gasteiger partial charge in [0.05, 0.1) is 39.0 Å². The zero-order chi connectivity index (χ0) is 29.4. The number of hydrogen-bond donors (Lipinski definition) is 1. The van der Waals surface area contributed by atoms with Crippen LogP contribution in [0.1, 0.15) is 65.0 Å². The van der Waals surface area contributed by atoms with Gasteiger partial charge in [-0.1, -0.05) is 53.7 Å². The lowest BCUT2D eigenvalue weighted by Crippen LogP contribution is -2.49. The first-order valence-corrected chi connectivity index (χ1v) is 16.3. The van der Waals surface area contributed by atoms with E-state index in [1.807, 2.05) is 42.5 Å². The molecule has 0 radical (unpaired) electrons. The van der Waals surface area contributed by atoms with Crippen LogP contribution in [0.4, 0.5) is 5.69 Å². The van der Waals surface area contributed by atoms with Gasteiger partial charge in [0, 0.05) is 29.2 Å². The number of rotatable bonds is 10. The summed E-state index contributed by atoms with van der Waals surface area (Å²) < 4.78 is 23.3. The quantitative estimate of drug-likeness (QED) is 0.190. The highest BCUT2D eigenvalue weighted by Gasteiger charge is 2.53. The molecule has 1 N–H and O–H groups in total. The Morgan fingerprint density at radius 3 is 1.95 bits per heavy atom. The number of ether oxygens (including phenoxy) is 3. The van der Waals surface area contributed by atoms with Crippen molar-refractivity contribution in [3.05, 3.63) is 59.4 Å². The Bertz CT molecular complexity index is 1260. The second kappa shape index (κ2) is 11.7. The van der Waals surface area contributed by atoms with Gasteiger partial charge >= 0.3 is 5.97 Å². The van der Waals surface area contributed by atoms with Gasteiger partial charge in [-0.15, -0.1) is 0 Å². The summed E-state index contributed by atoms with van der Waals surface area (Å²) in [6.07, 6.45) is 0.491. The molecule has 4 rings (SSSR count). The predicted molar refractivity (Wildman–Crippen MR) is 160 cm³/mol. The molecular formula is C32H43NO6Si. The number of hydrogen-bond acceptors (Lipinski definition) is 7. The molecule has 3 atom stereocenters. The third-order valence-electron chi connectivity index (χ3n) is 8.88. The van der Waals surface area contributed by atoms with E-state index >= 15 is 0 Å². The maximum atomic E-state index is 13.8. The molecule has 2 aliphatic rings. The maximum absolute atomic E-state index is 13.8. The van der Waals surface area contributed by atoms with Gasteiger partial charge in [-0.05, 0) is 52.5 Å². The molecular weight excluding hydrogens is 522 g/mol. The first kappa shape index (κ1) is 29.7. The number of benzene rings is 2. The summed E-state index contributed by atoms with van der Waals surface area (Å²) in [5.41, 5.74) is 4.84. The summed E-state index contributed by atoms with van der Waals surface area (Å²) in [5, 5.41) is 3.59. The highest BCUT2D eigenvalue weighted by atomic mass is 28.4. The zero-order valence-electron chi connectivity index (χ0n) is 25.2. The Morgan fingerprint density at radius 2 is 1.43 bits per heavy atom. The molecule has 0 saturated heterocycles. The van der Waals surface area contributed by atoms with Crippen LogP contribution in [0.3, 0.4) is 0 Å². The molecule has 0 spiro atoms. The molecule has 2 aromatic carbocycles. The lowest BCUT2D eigenvalue weighted by Gasteiger charge is -2.46. The second-order valence-corrected chi connectivity index (χ2v) is 17.1. The fourth-order valence-electron chi connectivity index (χ4n) is 7.08. The van der Waals surface area contributed by atoms with Crippen molar-refractivity contribution >= 4 is 31.3 Å². The van der Waals surface area contributed by atoms with Crippen molar-refractivity contribution in [2.75, 3.05) is 26.6 Å². The van der Waals surface area contributed by atoms with Crippen molar-refractivity contribution in [1.82, 2.24) is 0 Å². The van der Waals surface area contributed by atoms with E-state index in [1.165, 1.54) is 7.11 Å². The highest BCUT2D eigenvalue weighted by Crippen LogP contribution is 2.54. The maximum Gasteiger partial charge on any atom is 0.374 e. The van der Waals surface area contributed by atoms with E-state index in [0.717, 1.165) is 39.6 Å². The van der Waals surface area contributed by atoms with Gasteiger partial charge in [0.25, 0.3) is 8.32 Å². The summed E-state index contributed by atoms with van der Waals surface area (Å²) in [5.74, 6) is -0.0104. The van der Waals surface area contributed by atoms with Crippen LogP contribution in [0, 0.1) is 5.92 Å². The first-order chi connectivity index (χ1) is 19.0. The molecule has 0 saturated carbocycles. The van der Waals surface area contributed by atoms with Crippen LogP contribution in [0.15, 0.2) is 48.2 Å². The topological polar surface area (TPSA) is 83.1 Å². The number of Topliss-reactive ketones (excluding diaryl/α,β-unsaturated/α-hetero) is 1. The molecule has 40 heavy (non-hydrogen) atoms. The Labute approximate surface area is 239 Å². The van der Waals surface area contributed by atoms with Gasteiger partial charge < -0.3 is 24.0 Å². The van der Waals surface area contributed by atoms with Crippen LogP contribution in [-0.2, 0) is 18.8 Å². The number of ketones is 1. The Balaban J connectivity index is 1.97. The number of fused-ring (bicyclic) bond motifs is 3. The van der Waals surface area contributed by atoms with Crippen molar-refractivity contribution < 1.29 is 28.2 Å². The van der Waals surface area contributed by atoms with Crippen molar-refractivity contribution in [2.45, 2.75) is 76.5 Å². The molecule has 0 unspecified atom stereocenters. The SMILES string of the molecule is COC(=O)C(=O)[C@H]1[C@@H]2Nc3ccc(OC)cc3C2=C(O[Si](C(C)C)(C(C)C)C(C)C)C[C@@H]1c1ccc(OC)cc1. The zero-order valence-corrected chi connectivity index (χ0v) is 26.2. The molecule has 1 heterocycles. The number of esters is 1. The van der Waals surface area contributed by atoms with E-state index in [9.17, 15) is 9.59 Å². The van der Waals surface area contributed by atoms with Gasteiger partial charge in [0.2, 0.25) is 5.78 Å². The number of allylic oxidation sites excluding steroid dienone is 1. The van der Waals surface area contributed by atoms with E-state index in [0.29, 0.717) is 23.0 Å². The standard InChI is InChI=1S/C32H43NO6Si/c1-18(2)40(19(3)4,20(5)6)39-27-17-24(21-10-12-22(36-7)13-11-21)29(31(34)32(35)38-9)30-28(27)25-16-23(37-8)14-15-26(25)33-30/h10-16,18-20,24,29-30,33H,17H2,1-9H3/t24-,29-,30-/m1/s1. The monoisotopic (exact) mass is 565 g/mol. The minimum Gasteiger partial charge on any atom is -0.545 e. The molecule has 0 bridgehead atoms. The van der Waals surface area contributed by atoms with E-state index in [1.54, 1.807) is 14.2 Å². The van der Waals surface area contributed by atoms with E-state index in [2.05, 4.69) is 46.9 Å². The number of carbonyl (C=O) groups excluding carboxylic acids is 2. The fourth-order valence-corrected chi connectivity index (χ4v) is 12.4. The molecule has 0 amide bonds. The lowest BCUT2D eigenvalue weighted by atomic mass is 9.70. The fraction of sp³-hybridized carbons (Fsp3) is 0.500. The normalized spacial score (nSPS) is 20.2. The largest absolute Gasteiger partial charge is 0.545 e. The summed E-state index contributed by atoms with van der Waals surface area (Å²) in [7, 11) is 2.17. The molecule has 1 aliphatic carbocycles. The first-order valence-electron chi connectivity index (χ1n) is 14.1. The number of methoxy groups -OCH3 is 3. The number of carbonyl (C=O) groups is 2. The smallest absolute Gasteiger partial charge is 0.374 e. The summed E-state index contributed by atoms with van der Waals surface area (Å²) >= 11 is 0. The van der Waals surface area contributed by atoms with Crippen LogP contribution in [0.2, 0.25) is 16.6 Å². The predicted octanol–water partition coefficient (Wildman–Crippen LogP) is 6.95. The van der Waals surface area contributed by atoms with Crippen LogP contribution in [0.25, 0.3) is 5.57 Å². The Morgan fingerprint density at radius 1 is 0.850 bits per heavy atom. The van der Waals surface area contributed by atoms with E-state index in [-0.39, 0.29) is 5.92 Å². The van der Waals surface area contributed by atoms with Crippen LogP contribution in [-0.4, -0.2) is 47.4 Å². The number of anilines is 1. The molecule has 0 aromatic heterocycles. The van der Waals surface area contributed by atoms with Crippen molar-refractivity contribution in [3.8, 4) is 11.5 Å². The van der Waals surface area contributed by atoms with Crippen molar-refractivity contribution in [2.24, 2.45) is 5.92 Å². The Kier molecular flexibility index (Phi) is 8.68. The van der Waals surface area contributed by atoms with Gasteiger partial charge in [-0.3, -0.25) is 4.79 Å². The summed E-state index contributed by atoms with van der Waals surface area (Å²) in [6, 6.07) is 13.2. The second-order valence-electron chi connectivity index (χ2n) is 11.8. The molecule has 7 nitrogen and oxygen atoms in total. The van der Waals surface area contributed by atoms with Crippen LogP contribution >= 0.6 is 0 Å². The Hall–Kier alpha value is -3.26. The van der Waals surface area contributed by atoms with Gasteiger partial charge in [0.1, 0.15) is 11.5 Å². The summed E-state index contributed by atoms with van der Waals surface area (Å²) in [4.78, 5) is 26.5. The number of nitrogens with one attached hydrogen (secondary N) is 1. The average Bonchev–Trinajstić information content (AvgIpc) is 3.32. The highest BCUT2D eigenvalue weighted by molar-refractivity contribution is 6.78. The molecule has 0 fully saturated rings. The minimum absolute atomic E-state index is 0.303. The average molecular weight is 566 g/mol. The summed E-state index contributed by atoms with van der Waals surface area (Å²) in [6.45, 7) is 13.6. The molecule has 1 aliphatic heterocycles. The third-order valence-corrected chi connectivity index (χ3v) is 14.9. The van der Waals surface area contributed by atoms with Crippen molar-refractivity contribution in [3.63, 3.8) is 0 Å². The molecule has 8 heteroatoms. The molecule has 2 aromatic rings. The van der Waals surface area contributed by atoms with E-state index in [4.69, 9.17) is 18.6 Å².